The topological polar surface area (TPSA) is 63.6 Å². The molecule has 0 saturated heterocycles. The first-order valence-electron chi connectivity index (χ1n) is 9.66. The highest BCUT2D eigenvalue weighted by Crippen LogP contribution is 2.12. The van der Waals surface area contributed by atoms with Crippen molar-refractivity contribution in [3.05, 3.63) is 12.2 Å². The molecule has 0 heterocycles. The van der Waals surface area contributed by atoms with E-state index in [0.29, 0.717) is 6.61 Å². The molecule has 1 unspecified atom stereocenters. The summed E-state index contributed by atoms with van der Waals surface area (Å²) in [6, 6.07) is 0. The molecule has 0 aromatic heterocycles. The number of rotatable bonds is 16. The van der Waals surface area contributed by atoms with E-state index in [-0.39, 0.29) is 6.42 Å². The molecule has 0 aliphatic carbocycles. The second-order valence-corrected chi connectivity index (χ2v) is 6.42. The maximum absolute atomic E-state index is 11.9. The second-order valence-electron chi connectivity index (χ2n) is 6.42. The van der Waals surface area contributed by atoms with Crippen molar-refractivity contribution < 1.29 is 19.4 Å². The monoisotopic (exact) mass is 340 g/mol. The van der Waals surface area contributed by atoms with Gasteiger partial charge in [-0.15, -0.1) is 0 Å². The number of carbonyl (C=O) groups excluding carboxylic acids is 1. The Bertz CT molecular complexity index is 350. The normalized spacial score (nSPS) is 12.4. The molecule has 0 bridgehead atoms. The van der Waals surface area contributed by atoms with Crippen LogP contribution in [0.2, 0.25) is 0 Å². The van der Waals surface area contributed by atoms with Gasteiger partial charge in [0.25, 0.3) is 0 Å². The van der Waals surface area contributed by atoms with Crippen molar-refractivity contribution in [1.82, 2.24) is 0 Å². The first-order valence-corrected chi connectivity index (χ1v) is 9.66. The van der Waals surface area contributed by atoms with Gasteiger partial charge in [0.1, 0.15) is 0 Å². The van der Waals surface area contributed by atoms with Crippen molar-refractivity contribution in [2.45, 2.75) is 90.9 Å². The molecule has 0 aliphatic heterocycles. The Morgan fingerprint density at radius 3 is 2.08 bits per heavy atom. The van der Waals surface area contributed by atoms with Crippen LogP contribution in [-0.4, -0.2) is 23.7 Å². The maximum Gasteiger partial charge on any atom is 0.313 e. The molecule has 1 N–H and O–H groups in total. The molecule has 4 heteroatoms. The van der Waals surface area contributed by atoms with Gasteiger partial charge in [-0.3, -0.25) is 9.59 Å². The van der Waals surface area contributed by atoms with E-state index >= 15 is 0 Å². The van der Waals surface area contributed by atoms with Crippen LogP contribution in [0, 0.1) is 5.92 Å². The highest BCUT2D eigenvalue weighted by molar-refractivity contribution is 5.80. The molecule has 4 nitrogen and oxygen atoms in total. The summed E-state index contributed by atoms with van der Waals surface area (Å²) >= 11 is 0. The van der Waals surface area contributed by atoms with Crippen molar-refractivity contribution in [2.24, 2.45) is 5.92 Å². The molecule has 0 fully saturated rings. The summed E-state index contributed by atoms with van der Waals surface area (Å²) in [4.78, 5) is 22.8. The fourth-order valence-corrected chi connectivity index (χ4v) is 2.50. The van der Waals surface area contributed by atoms with Crippen LogP contribution in [0.3, 0.4) is 0 Å². The average molecular weight is 341 g/mol. The zero-order valence-corrected chi connectivity index (χ0v) is 15.6. The molecule has 24 heavy (non-hydrogen) atoms. The first kappa shape index (κ1) is 22.7. The fourth-order valence-electron chi connectivity index (χ4n) is 2.50. The van der Waals surface area contributed by atoms with Gasteiger partial charge in [0.05, 0.1) is 18.9 Å². The molecule has 0 amide bonds. The van der Waals surface area contributed by atoms with E-state index in [1.54, 1.807) is 6.08 Å². The number of carboxylic acid groups (broad SMARTS) is 1. The molecule has 0 spiro atoms. The van der Waals surface area contributed by atoms with Crippen LogP contribution in [-0.2, 0) is 14.3 Å². The molecule has 0 aromatic carbocycles. The lowest BCUT2D eigenvalue weighted by Gasteiger charge is -2.10. The lowest BCUT2D eigenvalue weighted by Crippen LogP contribution is -2.19. The molecular formula is C20H36O4. The van der Waals surface area contributed by atoms with Crippen LogP contribution in [0.15, 0.2) is 12.2 Å². The summed E-state index contributed by atoms with van der Waals surface area (Å²) in [5.41, 5.74) is 0. The lowest BCUT2D eigenvalue weighted by atomic mass is 10.0. The predicted molar refractivity (Wildman–Crippen MR) is 98.0 cm³/mol. The summed E-state index contributed by atoms with van der Waals surface area (Å²) in [5.74, 6) is -2.05. The Morgan fingerprint density at radius 1 is 0.917 bits per heavy atom. The lowest BCUT2D eigenvalue weighted by molar-refractivity contribution is -0.151. The number of hydrogen-bond donors (Lipinski definition) is 1. The van der Waals surface area contributed by atoms with E-state index in [9.17, 15) is 9.59 Å². The van der Waals surface area contributed by atoms with Crippen LogP contribution in [0.4, 0.5) is 0 Å². The smallest absolute Gasteiger partial charge is 0.313 e. The van der Waals surface area contributed by atoms with Crippen molar-refractivity contribution in [3.63, 3.8) is 0 Å². The van der Waals surface area contributed by atoms with Crippen molar-refractivity contribution in [2.75, 3.05) is 6.61 Å². The van der Waals surface area contributed by atoms with Crippen molar-refractivity contribution in [1.29, 1.82) is 0 Å². The summed E-state index contributed by atoms with van der Waals surface area (Å²) in [7, 11) is 0. The largest absolute Gasteiger partial charge is 0.481 e. The summed E-state index contributed by atoms with van der Waals surface area (Å²) in [6.45, 7) is 4.62. The van der Waals surface area contributed by atoms with Crippen LogP contribution in [0.1, 0.15) is 90.9 Å². The van der Waals surface area contributed by atoms with E-state index in [2.05, 4.69) is 6.92 Å². The number of hydrogen-bond acceptors (Lipinski definition) is 3. The highest BCUT2D eigenvalue weighted by atomic mass is 16.5. The van der Waals surface area contributed by atoms with Crippen molar-refractivity contribution in [3.8, 4) is 0 Å². The van der Waals surface area contributed by atoms with Crippen LogP contribution in [0.5, 0.6) is 0 Å². The van der Waals surface area contributed by atoms with E-state index in [1.807, 2.05) is 13.0 Å². The van der Waals surface area contributed by atoms with Crippen LogP contribution in [0.25, 0.3) is 0 Å². The van der Waals surface area contributed by atoms with Crippen LogP contribution < -0.4 is 0 Å². The third-order valence-corrected chi connectivity index (χ3v) is 4.03. The molecule has 0 rings (SSSR count). The highest BCUT2D eigenvalue weighted by Gasteiger charge is 2.20. The van der Waals surface area contributed by atoms with Crippen LogP contribution >= 0.6 is 0 Å². The number of carboxylic acids is 1. The Morgan fingerprint density at radius 2 is 1.50 bits per heavy atom. The molecule has 0 aromatic rings. The molecule has 1 atom stereocenters. The van der Waals surface area contributed by atoms with E-state index in [1.165, 1.54) is 44.9 Å². The molecule has 0 saturated carbocycles. The zero-order valence-electron chi connectivity index (χ0n) is 15.6. The summed E-state index contributed by atoms with van der Waals surface area (Å²) in [6.07, 6.45) is 16.2. The van der Waals surface area contributed by atoms with Gasteiger partial charge < -0.3 is 9.84 Å². The van der Waals surface area contributed by atoms with Gasteiger partial charge in [0, 0.05) is 0 Å². The van der Waals surface area contributed by atoms with Gasteiger partial charge in [-0.1, -0.05) is 77.4 Å². The van der Waals surface area contributed by atoms with E-state index in [0.717, 1.165) is 25.7 Å². The number of unbranched alkanes of at least 4 members (excludes halogenated alkanes) is 9. The van der Waals surface area contributed by atoms with Gasteiger partial charge in [-0.05, 0) is 19.3 Å². The van der Waals surface area contributed by atoms with Gasteiger partial charge in [-0.2, -0.15) is 0 Å². The minimum atomic E-state index is -0.968. The first-order chi connectivity index (χ1) is 11.6. The Hall–Kier alpha value is -1.32. The minimum absolute atomic E-state index is 0.196. The second kappa shape index (κ2) is 16.5. The standard InChI is InChI=1S/C20H36O4/c1-3-5-7-8-9-10-11-12-13-14-15-18(17-19(21)22)20(23)24-16-6-4-2/h14-15,18H,3-13,16-17H2,1-2H3,(H,21,22). The van der Waals surface area contributed by atoms with E-state index < -0.39 is 17.9 Å². The van der Waals surface area contributed by atoms with Gasteiger partial charge in [0.2, 0.25) is 0 Å². The predicted octanol–water partition coefficient (Wildman–Crippen LogP) is 5.51. The van der Waals surface area contributed by atoms with E-state index in [4.69, 9.17) is 9.84 Å². The molecule has 0 aliphatic rings. The minimum Gasteiger partial charge on any atom is -0.481 e. The maximum atomic E-state index is 11.9. The Labute approximate surface area is 147 Å². The molecule has 0 radical (unpaired) electrons. The number of aliphatic carboxylic acids is 1. The quantitative estimate of drug-likeness (QED) is 0.229. The van der Waals surface area contributed by atoms with Gasteiger partial charge >= 0.3 is 11.9 Å². The Kier molecular flexibility index (Phi) is 15.6. The number of esters is 1. The van der Waals surface area contributed by atoms with Crippen molar-refractivity contribution >= 4 is 11.9 Å². The van der Waals surface area contributed by atoms with Gasteiger partial charge in [0.15, 0.2) is 0 Å². The SMILES string of the molecule is CCCCCCCCCCC=CC(CC(=O)O)C(=O)OCCCC. The van der Waals surface area contributed by atoms with Gasteiger partial charge in [-0.25, -0.2) is 0 Å². The molecule has 140 valence electrons. The summed E-state index contributed by atoms with van der Waals surface area (Å²) in [5, 5.41) is 8.92. The Balaban J connectivity index is 3.91. The number of ether oxygens (including phenoxy) is 1. The summed E-state index contributed by atoms with van der Waals surface area (Å²) < 4.78 is 5.13. The number of allylic oxidation sites excluding steroid dienone is 1. The average Bonchev–Trinajstić information content (AvgIpc) is 2.55. The third-order valence-electron chi connectivity index (χ3n) is 4.03. The number of carbonyl (C=O) groups is 2. The zero-order chi connectivity index (χ0) is 18.0. The fraction of sp³-hybridized carbons (Fsp3) is 0.800. The molecular weight excluding hydrogens is 304 g/mol. The third kappa shape index (κ3) is 14.3.